The van der Waals surface area contributed by atoms with Crippen molar-refractivity contribution in [2.24, 2.45) is 0 Å². The van der Waals surface area contributed by atoms with E-state index < -0.39 is 6.10 Å². The second kappa shape index (κ2) is 12.2. The number of nitrogens with zero attached hydrogens (tertiary/aromatic N) is 1. The first-order chi connectivity index (χ1) is 15.2. The highest BCUT2D eigenvalue weighted by Gasteiger charge is 2.30. The largest absolute Gasteiger partial charge is 0.357 e. The molecule has 1 saturated heterocycles. The summed E-state index contributed by atoms with van der Waals surface area (Å²) in [6, 6.07) is 30.2. The number of hydrogen-bond acceptors (Lipinski definition) is 2. The predicted octanol–water partition coefficient (Wildman–Crippen LogP) is 5.64. The molecule has 0 aromatic heterocycles. The fourth-order valence-corrected chi connectivity index (χ4v) is 3.88. The van der Waals surface area contributed by atoms with E-state index in [0.29, 0.717) is 31.0 Å². The lowest BCUT2D eigenvalue weighted by atomic mass is 10.00. The molecule has 3 nitrogen and oxygen atoms in total. The van der Waals surface area contributed by atoms with Crippen LogP contribution in [0, 0.1) is 6.92 Å². The van der Waals surface area contributed by atoms with E-state index in [4.69, 9.17) is 12.2 Å². The van der Waals surface area contributed by atoms with Crippen LogP contribution in [0.15, 0.2) is 91.0 Å². The van der Waals surface area contributed by atoms with Gasteiger partial charge in [-0.2, -0.15) is 4.94 Å². The van der Waals surface area contributed by atoms with E-state index in [9.17, 15) is 4.53 Å². The first-order valence-corrected chi connectivity index (χ1v) is 11.0. The number of hydrogen-bond donors (Lipinski definition) is 1. The van der Waals surface area contributed by atoms with Crippen molar-refractivity contribution in [1.82, 2.24) is 10.2 Å². The van der Waals surface area contributed by atoms with Gasteiger partial charge in [-0.15, -0.1) is 0 Å². The van der Waals surface area contributed by atoms with Crippen LogP contribution in [0.2, 0.25) is 0 Å². The smallest absolute Gasteiger partial charge is 0.169 e. The van der Waals surface area contributed by atoms with E-state index in [0.717, 1.165) is 5.56 Å². The van der Waals surface area contributed by atoms with Crippen molar-refractivity contribution in [3.63, 3.8) is 0 Å². The monoisotopic (exact) mass is 436 g/mol. The number of benzene rings is 3. The number of thiocarbonyl (C=S) groups is 1. The molecule has 162 valence electrons. The second-order valence-electron chi connectivity index (χ2n) is 7.72. The molecule has 2 unspecified atom stereocenters. The Labute approximate surface area is 189 Å². The van der Waals surface area contributed by atoms with Crippen molar-refractivity contribution in [2.75, 3.05) is 6.54 Å². The van der Waals surface area contributed by atoms with Crippen LogP contribution in [0.25, 0.3) is 0 Å². The van der Waals surface area contributed by atoms with Gasteiger partial charge in [0.2, 0.25) is 0 Å². The van der Waals surface area contributed by atoms with Crippen LogP contribution in [-0.2, 0) is 17.9 Å². The van der Waals surface area contributed by atoms with Crippen molar-refractivity contribution < 1.29 is 9.47 Å². The molecule has 1 fully saturated rings. The lowest BCUT2D eigenvalue weighted by Gasteiger charge is -2.25. The third-order valence-corrected chi connectivity index (χ3v) is 5.67. The van der Waals surface area contributed by atoms with E-state index >= 15 is 0 Å². The van der Waals surface area contributed by atoms with Crippen LogP contribution in [-0.4, -0.2) is 28.7 Å². The maximum atomic E-state index is 13.1. The maximum absolute atomic E-state index is 13.1. The summed E-state index contributed by atoms with van der Waals surface area (Å²) in [4.78, 5) is 6.33. The highest BCUT2D eigenvalue weighted by atomic mass is 32.1. The lowest BCUT2D eigenvalue weighted by Crippen LogP contribution is -2.46. The van der Waals surface area contributed by atoms with Gasteiger partial charge in [-0.05, 0) is 47.6 Å². The Morgan fingerprint density at radius 1 is 0.903 bits per heavy atom. The van der Waals surface area contributed by atoms with Crippen LogP contribution >= 0.6 is 12.2 Å². The van der Waals surface area contributed by atoms with Crippen LogP contribution in [0.1, 0.15) is 23.1 Å². The summed E-state index contributed by atoms with van der Waals surface area (Å²) in [6.07, 6.45) is 0.756. The quantitative estimate of drug-likeness (QED) is 0.523. The molecule has 0 saturated carbocycles. The molecule has 0 aliphatic carbocycles. The van der Waals surface area contributed by atoms with Gasteiger partial charge in [-0.25, -0.2) is 0 Å². The van der Waals surface area contributed by atoms with Gasteiger partial charge in [-0.3, -0.25) is 0 Å². The van der Waals surface area contributed by atoms with E-state index in [1.807, 2.05) is 66.7 Å². The van der Waals surface area contributed by atoms with E-state index in [-0.39, 0.29) is 6.04 Å². The van der Waals surface area contributed by atoms with Crippen molar-refractivity contribution in [3.8, 4) is 0 Å². The van der Waals surface area contributed by atoms with Crippen molar-refractivity contribution in [3.05, 3.63) is 108 Å². The average Bonchev–Trinajstić information content (AvgIpc) is 2.94. The van der Waals surface area contributed by atoms with Gasteiger partial charge in [0.25, 0.3) is 0 Å². The molecule has 0 bridgehead atoms. The molecule has 0 spiro atoms. The number of nitrogens with one attached hydrogen (secondary N) is 1. The molecule has 1 aliphatic heterocycles. The molecule has 3 aromatic carbocycles. The third kappa shape index (κ3) is 7.46. The Hall–Kier alpha value is -2.76. The van der Waals surface area contributed by atoms with Crippen LogP contribution in [0.3, 0.4) is 0 Å². The topological polar surface area (TPSA) is 24.5 Å². The lowest BCUT2D eigenvalue weighted by molar-refractivity contribution is -0.188. The minimum Gasteiger partial charge on any atom is -0.357 e. The Balaban J connectivity index is 0.000000330. The zero-order valence-corrected chi connectivity index (χ0v) is 18.6. The van der Waals surface area contributed by atoms with Gasteiger partial charge in [0.15, 0.2) is 5.11 Å². The summed E-state index contributed by atoms with van der Waals surface area (Å²) in [5.74, 6) is 0. The molecule has 5 heteroatoms. The van der Waals surface area contributed by atoms with Gasteiger partial charge in [0, 0.05) is 13.1 Å². The zero-order valence-electron chi connectivity index (χ0n) is 17.8. The molecule has 3 aromatic rings. The molecule has 0 amide bonds. The molecule has 1 aliphatic rings. The van der Waals surface area contributed by atoms with Gasteiger partial charge < -0.3 is 10.2 Å². The highest BCUT2D eigenvalue weighted by molar-refractivity contribution is 7.80. The summed E-state index contributed by atoms with van der Waals surface area (Å²) in [7, 11) is 0. The zero-order chi connectivity index (χ0) is 21.9. The molecule has 4 rings (SSSR count). The first-order valence-electron chi connectivity index (χ1n) is 10.6. The molecule has 1 heterocycles. The summed E-state index contributed by atoms with van der Waals surface area (Å²) < 4.78 is 13.1. The SMILES string of the molecule is Cc1ccccc1.FOC1CCN(Cc2ccccc2)C(=S)NC1Cc1ccccc1. The summed E-state index contributed by atoms with van der Waals surface area (Å²) in [5.41, 5.74) is 3.64. The van der Waals surface area contributed by atoms with Crippen molar-refractivity contribution >= 4 is 17.3 Å². The molecule has 2 atom stereocenters. The molecule has 31 heavy (non-hydrogen) atoms. The first kappa shape index (κ1) is 22.9. The van der Waals surface area contributed by atoms with Crippen molar-refractivity contribution in [2.45, 2.75) is 38.5 Å². The van der Waals surface area contributed by atoms with E-state index in [2.05, 4.69) is 46.3 Å². The highest BCUT2D eigenvalue weighted by Crippen LogP contribution is 2.18. The number of halogens is 1. The Morgan fingerprint density at radius 2 is 1.45 bits per heavy atom. The van der Waals surface area contributed by atoms with Gasteiger partial charge in [0.1, 0.15) is 6.10 Å². The Morgan fingerprint density at radius 3 is 1.97 bits per heavy atom. The summed E-state index contributed by atoms with van der Waals surface area (Å²) >= 11 is 5.54. The van der Waals surface area contributed by atoms with Crippen LogP contribution in [0.5, 0.6) is 0 Å². The molecule has 0 radical (unpaired) electrons. The standard InChI is InChI=1S/C19H21FN2OS.C7H8/c20-23-18-11-12-22(14-16-9-5-2-6-10-16)19(24)21-17(18)13-15-7-3-1-4-8-15;1-7-5-3-2-4-6-7/h1-10,17-18H,11-14H2,(H,21,24);2-6H,1H3. The maximum Gasteiger partial charge on any atom is 0.169 e. The fraction of sp³-hybridized carbons (Fsp3) is 0.269. The van der Waals surface area contributed by atoms with E-state index in [1.54, 1.807) is 0 Å². The van der Waals surface area contributed by atoms with Gasteiger partial charge in [-0.1, -0.05) is 96.6 Å². The predicted molar refractivity (Wildman–Crippen MR) is 128 cm³/mol. The average molecular weight is 437 g/mol. The van der Waals surface area contributed by atoms with Gasteiger partial charge in [0.05, 0.1) is 6.04 Å². The number of rotatable bonds is 5. The minimum absolute atomic E-state index is 0.175. The Kier molecular flexibility index (Phi) is 9.00. The van der Waals surface area contributed by atoms with Crippen molar-refractivity contribution in [1.29, 1.82) is 0 Å². The third-order valence-electron chi connectivity index (χ3n) is 5.30. The Bertz CT molecular complexity index is 908. The summed E-state index contributed by atoms with van der Waals surface area (Å²) in [6.45, 7) is 3.46. The van der Waals surface area contributed by atoms with Crippen LogP contribution < -0.4 is 5.32 Å². The number of aryl methyl sites for hydroxylation is 1. The normalized spacial score (nSPS) is 18.4. The van der Waals surface area contributed by atoms with E-state index in [1.165, 1.54) is 11.1 Å². The van der Waals surface area contributed by atoms with Gasteiger partial charge >= 0.3 is 0 Å². The minimum atomic E-state index is -0.510. The molecule has 1 N–H and O–H groups in total. The molecular weight excluding hydrogens is 407 g/mol. The fourth-order valence-electron chi connectivity index (χ4n) is 3.57. The summed E-state index contributed by atoms with van der Waals surface area (Å²) in [5, 5.41) is 3.94. The second-order valence-corrected chi connectivity index (χ2v) is 8.11. The molecular formula is C26H29FN2OS. The van der Waals surface area contributed by atoms with Crippen LogP contribution in [0.4, 0.5) is 4.53 Å².